The third kappa shape index (κ3) is 5.65. The zero-order chi connectivity index (χ0) is 18.7. The second-order valence-corrected chi connectivity index (χ2v) is 11.1. The van der Waals surface area contributed by atoms with Crippen molar-refractivity contribution >= 4 is 127 Å². The molecule has 0 saturated carbocycles. The summed E-state index contributed by atoms with van der Waals surface area (Å²) in [5, 5.41) is 1.36. The summed E-state index contributed by atoms with van der Waals surface area (Å²) in [6.45, 7) is 0. The van der Waals surface area contributed by atoms with Gasteiger partial charge in [0.1, 0.15) is 0 Å². The molecule has 0 bridgehead atoms. The van der Waals surface area contributed by atoms with Crippen molar-refractivity contribution in [2.45, 2.75) is 12.2 Å². The monoisotopic (exact) mass is 849 g/mol. The lowest BCUT2D eigenvalue weighted by Gasteiger charge is -2.25. The molecule has 2 atom stereocenters. The van der Waals surface area contributed by atoms with E-state index in [1.165, 1.54) is 0 Å². The fourth-order valence-corrected chi connectivity index (χ4v) is 6.28. The summed E-state index contributed by atoms with van der Waals surface area (Å²) >= 11 is 28.7. The molecule has 9 heteroatoms. The Bertz CT molecular complexity index is 701. The van der Waals surface area contributed by atoms with E-state index in [0.717, 1.165) is 38.0 Å². The van der Waals surface area contributed by atoms with Crippen molar-refractivity contribution in [1.82, 2.24) is 0 Å². The average Bonchev–Trinajstić information content (AvgIpc) is 2.60. The Balaban J connectivity index is 2.37. The highest BCUT2D eigenvalue weighted by Crippen LogP contribution is 2.42. The largest absolute Gasteiger partial charge is 0.364 e. The maximum Gasteiger partial charge on any atom is 0.0941 e. The lowest BCUT2D eigenvalue weighted by atomic mass is 10.1. The van der Waals surface area contributed by atoms with Crippen LogP contribution in [0.25, 0.3) is 0 Å². The number of benzene rings is 2. The van der Waals surface area contributed by atoms with Crippen LogP contribution < -0.4 is 0 Å². The zero-order valence-electron chi connectivity index (χ0n) is 12.3. The molecule has 136 valence electrons. The van der Waals surface area contributed by atoms with E-state index in [0.29, 0.717) is 10.7 Å². The zero-order valence-corrected chi connectivity index (χ0v) is 25.0. The predicted octanol–water partition coefficient (Wildman–Crippen LogP) is 9.85. The highest BCUT2D eigenvalue weighted by molar-refractivity contribution is 9.15. The molecule has 2 aromatic rings. The Morgan fingerprint density at radius 1 is 0.600 bits per heavy atom. The minimum Gasteiger partial charge on any atom is -0.364 e. The Labute approximate surface area is 214 Å². The molecule has 0 aliphatic rings. The van der Waals surface area contributed by atoms with E-state index in [4.69, 9.17) is 4.74 Å². The Kier molecular flexibility index (Phi) is 10.2. The molecule has 0 radical (unpaired) electrons. The van der Waals surface area contributed by atoms with E-state index in [-0.39, 0.29) is 12.2 Å². The van der Waals surface area contributed by atoms with Gasteiger partial charge < -0.3 is 4.74 Å². The quantitative estimate of drug-likeness (QED) is 0.208. The molecule has 0 aliphatic heterocycles. The lowest BCUT2D eigenvalue weighted by Crippen LogP contribution is -2.14. The molecule has 0 N–H and O–H groups in total. The number of ether oxygens (including phenoxy) is 1. The average molecular weight is 857 g/mol. The van der Waals surface area contributed by atoms with Gasteiger partial charge in [-0.2, -0.15) is 0 Å². The van der Waals surface area contributed by atoms with Gasteiger partial charge in [-0.25, -0.2) is 0 Å². The summed E-state index contributed by atoms with van der Waals surface area (Å²) < 4.78 is 12.3. The lowest BCUT2D eigenvalue weighted by molar-refractivity contribution is 0.0120. The van der Waals surface area contributed by atoms with Gasteiger partial charge in [-0.15, -0.1) is 0 Å². The Morgan fingerprint density at radius 2 is 0.960 bits per heavy atom. The predicted molar refractivity (Wildman–Crippen MR) is 133 cm³/mol. The van der Waals surface area contributed by atoms with Crippen molar-refractivity contribution in [3.8, 4) is 0 Å². The number of rotatable bonds is 6. The van der Waals surface area contributed by atoms with Crippen LogP contribution in [0.4, 0.5) is 0 Å². The first-order valence-electron chi connectivity index (χ1n) is 6.86. The SMILES string of the molecule is BrCC(OC(CBr)c1ccc(Br)c(Br)c1Br)c1ccc(Br)c(Br)c1Br. The standard InChI is InChI=1S/C16H10Br8O/c17-5-11(7-1-3-9(19)15(23)13(7)21)25-12(6-18)8-2-4-10(20)16(24)14(8)22/h1-4,11-12H,5-6H2. The molecule has 25 heavy (non-hydrogen) atoms. The first-order chi connectivity index (χ1) is 11.8. The van der Waals surface area contributed by atoms with Crippen molar-refractivity contribution in [2.24, 2.45) is 0 Å². The van der Waals surface area contributed by atoms with Crippen molar-refractivity contribution in [1.29, 1.82) is 0 Å². The van der Waals surface area contributed by atoms with Gasteiger partial charge in [0.05, 0.1) is 12.2 Å². The van der Waals surface area contributed by atoms with Crippen LogP contribution in [0.1, 0.15) is 23.3 Å². The molecular formula is C16H10Br8O. The van der Waals surface area contributed by atoms with E-state index in [1.807, 2.05) is 12.1 Å². The van der Waals surface area contributed by atoms with Crippen LogP contribution >= 0.6 is 127 Å². The van der Waals surface area contributed by atoms with Crippen LogP contribution in [0.15, 0.2) is 51.1 Å². The highest BCUT2D eigenvalue weighted by Gasteiger charge is 2.24. The molecule has 0 spiro atoms. The summed E-state index contributed by atoms with van der Waals surface area (Å²) in [5.41, 5.74) is 2.15. The Hall–Kier alpha value is 2.24. The smallest absolute Gasteiger partial charge is 0.0941 e. The summed E-state index contributed by atoms with van der Waals surface area (Å²) in [6.07, 6.45) is -0.230. The maximum atomic E-state index is 6.45. The van der Waals surface area contributed by atoms with Gasteiger partial charge in [0.25, 0.3) is 0 Å². The van der Waals surface area contributed by atoms with Gasteiger partial charge >= 0.3 is 0 Å². The molecule has 1 nitrogen and oxygen atoms in total. The van der Waals surface area contributed by atoms with Gasteiger partial charge in [0, 0.05) is 37.5 Å². The van der Waals surface area contributed by atoms with Crippen molar-refractivity contribution in [3.63, 3.8) is 0 Å². The van der Waals surface area contributed by atoms with Gasteiger partial charge in [0.15, 0.2) is 0 Å². The topological polar surface area (TPSA) is 9.23 Å². The van der Waals surface area contributed by atoms with Gasteiger partial charge in [0.2, 0.25) is 0 Å². The second kappa shape index (κ2) is 10.9. The Morgan fingerprint density at radius 3 is 1.28 bits per heavy atom. The molecular weight excluding hydrogens is 847 g/mol. The molecule has 0 aromatic heterocycles. The summed E-state index contributed by atoms with van der Waals surface area (Å²) in [6, 6.07) is 8.14. The molecule has 0 fully saturated rings. The van der Waals surface area contributed by atoms with Crippen LogP contribution in [0, 0.1) is 0 Å². The molecule has 2 rings (SSSR count). The van der Waals surface area contributed by atoms with E-state index >= 15 is 0 Å². The molecule has 0 heterocycles. The van der Waals surface area contributed by atoms with E-state index < -0.39 is 0 Å². The van der Waals surface area contributed by atoms with Crippen molar-refractivity contribution < 1.29 is 4.74 Å². The minimum absolute atomic E-state index is 0.115. The summed E-state index contributed by atoms with van der Waals surface area (Å²) in [4.78, 5) is 0. The van der Waals surface area contributed by atoms with Crippen LogP contribution in [0.3, 0.4) is 0 Å². The van der Waals surface area contributed by atoms with Gasteiger partial charge in [-0.05, 0) is 119 Å². The summed E-state index contributed by atoms with van der Waals surface area (Å²) in [5.74, 6) is 0. The summed E-state index contributed by atoms with van der Waals surface area (Å²) in [7, 11) is 0. The van der Waals surface area contributed by atoms with Crippen molar-refractivity contribution in [2.75, 3.05) is 10.7 Å². The first kappa shape index (κ1) is 23.5. The van der Waals surface area contributed by atoms with Gasteiger partial charge in [-0.3, -0.25) is 0 Å². The van der Waals surface area contributed by atoms with Crippen LogP contribution in [-0.2, 0) is 4.74 Å². The number of halogens is 8. The molecule has 0 aliphatic carbocycles. The number of alkyl halides is 2. The van der Waals surface area contributed by atoms with E-state index in [1.54, 1.807) is 0 Å². The fourth-order valence-electron chi connectivity index (χ4n) is 2.16. The van der Waals surface area contributed by atoms with Crippen LogP contribution in [0.5, 0.6) is 0 Å². The molecule has 2 unspecified atom stereocenters. The third-order valence-electron chi connectivity index (χ3n) is 3.43. The second-order valence-electron chi connectivity index (χ2n) is 4.95. The number of hydrogen-bond acceptors (Lipinski definition) is 1. The fraction of sp³-hybridized carbons (Fsp3) is 0.250. The number of hydrogen-bond donors (Lipinski definition) is 0. The third-order valence-corrected chi connectivity index (χ3v) is 11.4. The molecule has 2 aromatic carbocycles. The molecule has 0 amide bonds. The first-order valence-corrected chi connectivity index (χ1v) is 13.9. The van der Waals surface area contributed by atoms with Gasteiger partial charge in [-0.1, -0.05) is 44.0 Å². The van der Waals surface area contributed by atoms with Crippen molar-refractivity contribution in [3.05, 3.63) is 62.2 Å². The van der Waals surface area contributed by atoms with E-state index in [9.17, 15) is 0 Å². The van der Waals surface area contributed by atoms with Crippen LogP contribution in [-0.4, -0.2) is 10.7 Å². The van der Waals surface area contributed by atoms with E-state index in [2.05, 4.69) is 140 Å². The molecule has 0 saturated heterocycles. The highest BCUT2D eigenvalue weighted by atomic mass is 79.9. The van der Waals surface area contributed by atoms with Crippen LogP contribution in [0.2, 0.25) is 0 Å². The maximum absolute atomic E-state index is 6.45. The normalized spacial score (nSPS) is 13.8. The minimum atomic E-state index is -0.115.